The van der Waals surface area contributed by atoms with Crippen LogP contribution in [0.2, 0.25) is 0 Å². The van der Waals surface area contributed by atoms with E-state index in [1.54, 1.807) is 29.0 Å². The molecule has 2 aliphatic heterocycles. The number of nitrogens with one attached hydrogen (secondary N) is 2. The van der Waals surface area contributed by atoms with Crippen molar-refractivity contribution in [1.29, 1.82) is 0 Å². The molecule has 2 aliphatic rings. The lowest BCUT2D eigenvalue weighted by Gasteiger charge is -2.27. The topological polar surface area (TPSA) is 117 Å². The summed E-state index contributed by atoms with van der Waals surface area (Å²) in [7, 11) is 1.58. The monoisotopic (exact) mass is 445 g/mol. The number of amides is 2. The van der Waals surface area contributed by atoms with Gasteiger partial charge in [0, 0.05) is 25.3 Å². The minimum absolute atomic E-state index is 0.0376. The van der Waals surface area contributed by atoms with Crippen molar-refractivity contribution in [2.45, 2.75) is 45.1 Å². The number of methoxy groups -OCH3 is 1. The number of benzene rings is 1. The summed E-state index contributed by atoms with van der Waals surface area (Å²) in [5, 5.41) is 17.2. The Morgan fingerprint density at radius 1 is 1.25 bits per heavy atom. The van der Waals surface area contributed by atoms with E-state index in [2.05, 4.69) is 10.6 Å². The first-order valence-electron chi connectivity index (χ1n) is 11.0. The molecule has 1 aromatic carbocycles. The third-order valence-corrected chi connectivity index (χ3v) is 5.80. The lowest BCUT2D eigenvalue weighted by Crippen LogP contribution is -2.49. The van der Waals surface area contributed by atoms with E-state index in [1.807, 2.05) is 13.0 Å². The molecule has 10 heteroatoms. The van der Waals surface area contributed by atoms with Gasteiger partial charge in [-0.3, -0.25) is 19.7 Å². The minimum atomic E-state index is -0.651. The van der Waals surface area contributed by atoms with E-state index in [4.69, 9.17) is 4.74 Å². The van der Waals surface area contributed by atoms with Gasteiger partial charge < -0.3 is 25.2 Å². The van der Waals surface area contributed by atoms with E-state index < -0.39 is 11.0 Å². The average Bonchev–Trinajstić information content (AvgIpc) is 3.23. The number of nitro groups is 1. The Morgan fingerprint density at radius 3 is 2.62 bits per heavy atom. The molecule has 0 spiro atoms. The first kappa shape index (κ1) is 23.4. The van der Waals surface area contributed by atoms with Crippen LogP contribution in [-0.2, 0) is 9.59 Å². The number of rotatable bonds is 8. The molecule has 2 saturated heterocycles. The number of carbonyl (C=O) groups excluding carboxylic acids is 2. The van der Waals surface area contributed by atoms with Crippen LogP contribution in [0.3, 0.4) is 0 Å². The van der Waals surface area contributed by atoms with Crippen LogP contribution in [-0.4, -0.2) is 65.9 Å². The molecule has 2 heterocycles. The molecule has 0 saturated carbocycles. The predicted molar refractivity (Wildman–Crippen MR) is 120 cm³/mol. The highest BCUT2D eigenvalue weighted by Gasteiger charge is 2.30. The Balaban J connectivity index is 1.71. The largest absolute Gasteiger partial charge is 0.496 e. The molecule has 0 bridgehead atoms. The van der Waals surface area contributed by atoms with Crippen molar-refractivity contribution in [3.8, 4) is 5.75 Å². The standard InChI is InChI=1S/C22H31N5O5/c1-16-13-17(8-9-19(16)32-2)23-20(14-27(30)31)24-18-7-3-4-12-26(22(18)29)15-21(28)25-10-5-6-11-25/h8-9,13-14,18,23-24H,3-7,10-12,15H2,1-2H3. The maximum Gasteiger partial charge on any atom is 0.274 e. The van der Waals surface area contributed by atoms with Crippen molar-refractivity contribution in [2.24, 2.45) is 0 Å². The van der Waals surface area contributed by atoms with Crippen LogP contribution in [0, 0.1) is 17.0 Å². The summed E-state index contributed by atoms with van der Waals surface area (Å²) in [6, 6.07) is 4.67. The highest BCUT2D eigenvalue weighted by Crippen LogP contribution is 2.22. The van der Waals surface area contributed by atoms with E-state index in [0.29, 0.717) is 24.4 Å². The van der Waals surface area contributed by atoms with E-state index in [0.717, 1.165) is 50.5 Å². The van der Waals surface area contributed by atoms with E-state index in [-0.39, 0.29) is 24.2 Å². The number of hydrogen-bond acceptors (Lipinski definition) is 7. The van der Waals surface area contributed by atoms with Gasteiger partial charge in [0.05, 0.1) is 18.6 Å². The number of carbonyl (C=O) groups is 2. The number of aryl methyl sites for hydroxylation is 1. The summed E-state index contributed by atoms with van der Waals surface area (Å²) in [6.45, 7) is 3.91. The Morgan fingerprint density at radius 2 is 1.97 bits per heavy atom. The zero-order valence-corrected chi connectivity index (χ0v) is 18.6. The lowest BCUT2D eigenvalue weighted by atomic mass is 10.1. The smallest absolute Gasteiger partial charge is 0.274 e. The fraction of sp³-hybridized carbons (Fsp3) is 0.545. The van der Waals surface area contributed by atoms with Crippen molar-refractivity contribution in [3.63, 3.8) is 0 Å². The predicted octanol–water partition coefficient (Wildman–Crippen LogP) is 2.08. The SMILES string of the molecule is COc1ccc(NC(=C[N+](=O)[O-])NC2CCCCN(CC(=O)N3CCCC3)C2=O)cc1C. The summed E-state index contributed by atoms with van der Waals surface area (Å²) < 4.78 is 5.25. The number of hydrogen-bond donors (Lipinski definition) is 2. The van der Waals surface area contributed by atoms with Gasteiger partial charge in [0.1, 0.15) is 11.8 Å². The molecule has 32 heavy (non-hydrogen) atoms. The second kappa shape index (κ2) is 10.8. The molecular weight excluding hydrogens is 414 g/mol. The van der Waals surface area contributed by atoms with Crippen LogP contribution in [0.1, 0.15) is 37.7 Å². The fourth-order valence-electron chi connectivity index (χ4n) is 4.14. The molecule has 1 aromatic rings. The molecule has 0 radical (unpaired) electrons. The van der Waals surface area contributed by atoms with Crippen molar-refractivity contribution in [1.82, 2.24) is 15.1 Å². The van der Waals surface area contributed by atoms with Crippen molar-refractivity contribution in [3.05, 3.63) is 45.9 Å². The maximum absolute atomic E-state index is 13.2. The van der Waals surface area contributed by atoms with Gasteiger partial charge in [-0.2, -0.15) is 0 Å². The number of nitrogens with zero attached hydrogens (tertiary/aromatic N) is 3. The van der Waals surface area contributed by atoms with Gasteiger partial charge in [0.25, 0.3) is 6.20 Å². The van der Waals surface area contributed by atoms with E-state index in [1.165, 1.54) is 0 Å². The average molecular weight is 446 g/mol. The van der Waals surface area contributed by atoms with Crippen molar-refractivity contribution >= 4 is 17.5 Å². The summed E-state index contributed by atoms with van der Waals surface area (Å²) >= 11 is 0. The third-order valence-electron chi connectivity index (χ3n) is 5.80. The van der Waals surface area contributed by atoms with Crippen LogP contribution in [0.4, 0.5) is 5.69 Å². The summed E-state index contributed by atoms with van der Waals surface area (Å²) in [4.78, 5) is 39.7. The molecule has 2 fully saturated rings. The Bertz CT molecular complexity index is 881. The second-order valence-corrected chi connectivity index (χ2v) is 8.18. The number of anilines is 1. The molecule has 2 N–H and O–H groups in total. The van der Waals surface area contributed by atoms with Gasteiger partial charge in [-0.1, -0.05) is 0 Å². The highest BCUT2D eigenvalue weighted by atomic mass is 16.6. The third kappa shape index (κ3) is 6.12. The number of likely N-dealkylation sites (tertiary alicyclic amines) is 2. The van der Waals surface area contributed by atoms with Crippen LogP contribution in [0.5, 0.6) is 5.75 Å². The molecule has 0 aromatic heterocycles. The van der Waals surface area contributed by atoms with Crippen LogP contribution in [0.15, 0.2) is 30.2 Å². The molecule has 174 valence electrons. The van der Waals surface area contributed by atoms with Gasteiger partial charge in [-0.25, -0.2) is 0 Å². The summed E-state index contributed by atoms with van der Waals surface area (Å²) in [6.07, 6.45) is 4.91. The molecule has 10 nitrogen and oxygen atoms in total. The lowest BCUT2D eigenvalue weighted by molar-refractivity contribution is -0.403. The van der Waals surface area contributed by atoms with E-state index >= 15 is 0 Å². The Hall–Kier alpha value is -3.30. The van der Waals surface area contributed by atoms with Gasteiger partial charge in [0.15, 0.2) is 5.82 Å². The Labute approximate surface area is 187 Å². The van der Waals surface area contributed by atoms with Gasteiger partial charge >= 0.3 is 0 Å². The maximum atomic E-state index is 13.2. The normalized spacial score (nSPS) is 19.5. The molecule has 2 amide bonds. The Kier molecular flexibility index (Phi) is 7.91. The molecule has 3 rings (SSSR count). The van der Waals surface area contributed by atoms with Crippen LogP contribution >= 0.6 is 0 Å². The van der Waals surface area contributed by atoms with Crippen LogP contribution < -0.4 is 15.4 Å². The molecular formula is C22H31N5O5. The van der Waals surface area contributed by atoms with Crippen molar-refractivity contribution < 1.29 is 19.2 Å². The van der Waals surface area contributed by atoms with Crippen molar-refractivity contribution in [2.75, 3.05) is 38.6 Å². The molecule has 1 unspecified atom stereocenters. The first-order valence-corrected chi connectivity index (χ1v) is 11.0. The van der Waals surface area contributed by atoms with Gasteiger partial charge in [-0.05, 0) is 62.8 Å². The van der Waals surface area contributed by atoms with Gasteiger partial charge in [0.2, 0.25) is 11.8 Å². The summed E-state index contributed by atoms with van der Waals surface area (Å²) in [5.41, 5.74) is 1.50. The molecule has 0 aliphatic carbocycles. The minimum Gasteiger partial charge on any atom is -0.496 e. The summed E-state index contributed by atoms with van der Waals surface area (Å²) in [5.74, 6) is 0.576. The zero-order chi connectivity index (χ0) is 23.1. The second-order valence-electron chi connectivity index (χ2n) is 8.18. The molecule has 1 atom stereocenters. The number of ether oxygens (including phenoxy) is 1. The highest BCUT2D eigenvalue weighted by molar-refractivity contribution is 5.88. The van der Waals surface area contributed by atoms with Crippen LogP contribution in [0.25, 0.3) is 0 Å². The first-order chi connectivity index (χ1) is 15.4. The quantitative estimate of drug-likeness (QED) is 0.465. The zero-order valence-electron chi connectivity index (χ0n) is 18.6. The van der Waals surface area contributed by atoms with Gasteiger partial charge in [-0.15, -0.1) is 0 Å². The fourth-order valence-corrected chi connectivity index (χ4v) is 4.14. The van der Waals surface area contributed by atoms with E-state index in [9.17, 15) is 19.7 Å².